The zero-order chi connectivity index (χ0) is 13.7. The van der Waals surface area contributed by atoms with Crippen LogP contribution in [-0.2, 0) is 13.1 Å². The molecule has 19 heavy (non-hydrogen) atoms. The third kappa shape index (κ3) is 3.72. The van der Waals surface area contributed by atoms with Gasteiger partial charge < -0.3 is 10.1 Å². The first-order valence-electron chi connectivity index (χ1n) is 6.25. The summed E-state index contributed by atoms with van der Waals surface area (Å²) < 4.78 is 7.53. The van der Waals surface area contributed by atoms with E-state index in [1.165, 1.54) is 5.56 Å². The standard InChI is InChI=1S/C14H18ClN3O/c1-11-14(15)10-17-18(11)7-8-19-13-5-3-12(4-6-13)9-16-2/h3-6,10,16H,7-9H2,1-2H3. The SMILES string of the molecule is CNCc1ccc(OCCn2ncc(Cl)c2C)cc1. The molecule has 0 saturated heterocycles. The van der Waals surface area contributed by atoms with Gasteiger partial charge >= 0.3 is 0 Å². The van der Waals surface area contributed by atoms with Crippen LogP contribution in [0.15, 0.2) is 30.5 Å². The molecule has 0 fully saturated rings. The van der Waals surface area contributed by atoms with Gasteiger partial charge in [0.25, 0.3) is 0 Å². The normalized spacial score (nSPS) is 10.7. The second-order valence-corrected chi connectivity index (χ2v) is 4.73. The van der Waals surface area contributed by atoms with Crippen molar-refractivity contribution in [2.45, 2.75) is 20.0 Å². The van der Waals surface area contributed by atoms with Crippen molar-refractivity contribution in [1.29, 1.82) is 0 Å². The third-order valence-electron chi connectivity index (χ3n) is 2.92. The van der Waals surface area contributed by atoms with Gasteiger partial charge in [0.15, 0.2) is 0 Å². The number of nitrogens with one attached hydrogen (secondary N) is 1. The van der Waals surface area contributed by atoms with E-state index in [0.29, 0.717) is 18.2 Å². The van der Waals surface area contributed by atoms with Gasteiger partial charge in [0, 0.05) is 6.54 Å². The largest absolute Gasteiger partial charge is 0.492 e. The van der Waals surface area contributed by atoms with Crippen molar-refractivity contribution in [2.75, 3.05) is 13.7 Å². The molecular weight excluding hydrogens is 262 g/mol. The maximum Gasteiger partial charge on any atom is 0.119 e. The molecule has 0 aliphatic heterocycles. The van der Waals surface area contributed by atoms with Gasteiger partial charge in [0.2, 0.25) is 0 Å². The lowest BCUT2D eigenvalue weighted by Gasteiger charge is -2.08. The van der Waals surface area contributed by atoms with Crippen LogP contribution in [0.4, 0.5) is 0 Å². The Kier molecular flexibility index (Phi) is 4.82. The molecule has 5 heteroatoms. The number of halogens is 1. The summed E-state index contributed by atoms with van der Waals surface area (Å²) in [7, 11) is 1.93. The summed E-state index contributed by atoms with van der Waals surface area (Å²) >= 11 is 5.94. The first-order chi connectivity index (χ1) is 9.20. The van der Waals surface area contributed by atoms with Crippen LogP contribution < -0.4 is 10.1 Å². The van der Waals surface area contributed by atoms with Gasteiger partial charge in [-0.1, -0.05) is 23.7 Å². The molecule has 0 saturated carbocycles. The van der Waals surface area contributed by atoms with E-state index in [9.17, 15) is 0 Å². The van der Waals surface area contributed by atoms with Crippen LogP contribution in [0, 0.1) is 6.92 Å². The number of aromatic nitrogens is 2. The molecule has 0 radical (unpaired) electrons. The minimum atomic E-state index is 0.574. The van der Waals surface area contributed by atoms with Gasteiger partial charge in [-0.05, 0) is 31.7 Å². The molecule has 0 aliphatic carbocycles. The summed E-state index contributed by atoms with van der Waals surface area (Å²) in [5, 5.41) is 7.98. The predicted molar refractivity (Wildman–Crippen MR) is 76.7 cm³/mol. The molecule has 102 valence electrons. The molecule has 1 N–H and O–H groups in total. The van der Waals surface area contributed by atoms with E-state index in [2.05, 4.69) is 22.5 Å². The van der Waals surface area contributed by atoms with E-state index in [-0.39, 0.29) is 0 Å². The number of ether oxygens (including phenoxy) is 1. The quantitative estimate of drug-likeness (QED) is 0.884. The molecule has 4 nitrogen and oxygen atoms in total. The van der Waals surface area contributed by atoms with Crippen molar-refractivity contribution in [2.24, 2.45) is 0 Å². The molecule has 1 aromatic carbocycles. The van der Waals surface area contributed by atoms with E-state index >= 15 is 0 Å². The number of hydrogen-bond donors (Lipinski definition) is 1. The molecule has 1 aromatic heterocycles. The Labute approximate surface area is 118 Å². The van der Waals surface area contributed by atoms with Gasteiger partial charge in [-0.25, -0.2) is 0 Å². The van der Waals surface area contributed by atoms with Gasteiger partial charge in [0.1, 0.15) is 12.4 Å². The van der Waals surface area contributed by atoms with Gasteiger partial charge in [-0.15, -0.1) is 0 Å². The summed E-state index contributed by atoms with van der Waals surface area (Å²) in [6.07, 6.45) is 1.66. The van der Waals surface area contributed by atoms with E-state index in [4.69, 9.17) is 16.3 Å². The highest BCUT2D eigenvalue weighted by molar-refractivity contribution is 6.31. The number of rotatable bonds is 6. The first-order valence-corrected chi connectivity index (χ1v) is 6.62. The summed E-state index contributed by atoms with van der Waals surface area (Å²) in [6, 6.07) is 8.08. The van der Waals surface area contributed by atoms with Crippen molar-refractivity contribution in [3.8, 4) is 5.75 Å². The molecule has 0 unspecified atom stereocenters. The van der Waals surface area contributed by atoms with Crippen LogP contribution in [-0.4, -0.2) is 23.4 Å². The molecule has 0 aliphatic rings. The van der Waals surface area contributed by atoms with E-state index in [1.54, 1.807) is 6.20 Å². The smallest absolute Gasteiger partial charge is 0.119 e. The fourth-order valence-corrected chi connectivity index (χ4v) is 1.95. The van der Waals surface area contributed by atoms with Gasteiger partial charge in [-0.3, -0.25) is 4.68 Å². The van der Waals surface area contributed by atoms with Crippen LogP contribution in [0.2, 0.25) is 5.02 Å². The summed E-state index contributed by atoms with van der Waals surface area (Å²) in [5.41, 5.74) is 2.21. The minimum absolute atomic E-state index is 0.574. The van der Waals surface area contributed by atoms with Crippen LogP contribution in [0.3, 0.4) is 0 Å². The highest BCUT2D eigenvalue weighted by atomic mass is 35.5. The lowest BCUT2D eigenvalue weighted by molar-refractivity contribution is 0.290. The Morgan fingerprint density at radius 1 is 1.32 bits per heavy atom. The fraction of sp³-hybridized carbons (Fsp3) is 0.357. The number of hydrogen-bond acceptors (Lipinski definition) is 3. The van der Waals surface area contributed by atoms with Crippen molar-refractivity contribution in [1.82, 2.24) is 15.1 Å². The van der Waals surface area contributed by atoms with Crippen LogP contribution in [0.1, 0.15) is 11.3 Å². The van der Waals surface area contributed by atoms with Crippen molar-refractivity contribution in [3.05, 3.63) is 46.7 Å². The van der Waals surface area contributed by atoms with Crippen molar-refractivity contribution < 1.29 is 4.74 Å². The minimum Gasteiger partial charge on any atom is -0.492 e. The highest BCUT2D eigenvalue weighted by Crippen LogP contribution is 2.14. The molecule has 2 rings (SSSR count). The van der Waals surface area contributed by atoms with Crippen molar-refractivity contribution >= 4 is 11.6 Å². The molecule has 1 heterocycles. The Hall–Kier alpha value is -1.52. The fourth-order valence-electron chi connectivity index (χ4n) is 1.81. The first kappa shape index (κ1) is 13.9. The van der Waals surface area contributed by atoms with Crippen molar-refractivity contribution in [3.63, 3.8) is 0 Å². The predicted octanol–water partition coefficient (Wildman–Crippen LogP) is 2.64. The van der Waals surface area contributed by atoms with Gasteiger partial charge in [0.05, 0.1) is 23.5 Å². The molecule has 2 aromatic rings. The Morgan fingerprint density at radius 2 is 2.05 bits per heavy atom. The number of benzene rings is 1. The maximum atomic E-state index is 5.94. The molecule has 0 bridgehead atoms. The van der Waals surface area contributed by atoms with E-state index in [1.807, 2.05) is 30.8 Å². The molecule has 0 atom stereocenters. The van der Waals surface area contributed by atoms with Crippen LogP contribution in [0.25, 0.3) is 0 Å². The highest BCUT2D eigenvalue weighted by Gasteiger charge is 2.03. The third-order valence-corrected chi connectivity index (χ3v) is 3.29. The van der Waals surface area contributed by atoms with E-state index < -0.39 is 0 Å². The van der Waals surface area contributed by atoms with Crippen LogP contribution in [0.5, 0.6) is 5.75 Å². The average Bonchev–Trinajstić information content (AvgIpc) is 2.73. The maximum absolute atomic E-state index is 5.94. The zero-order valence-electron chi connectivity index (χ0n) is 11.2. The van der Waals surface area contributed by atoms with Gasteiger partial charge in [-0.2, -0.15) is 5.10 Å². The van der Waals surface area contributed by atoms with E-state index in [0.717, 1.165) is 18.0 Å². The van der Waals surface area contributed by atoms with Crippen LogP contribution >= 0.6 is 11.6 Å². The lowest BCUT2D eigenvalue weighted by atomic mass is 10.2. The average molecular weight is 280 g/mol. The second-order valence-electron chi connectivity index (χ2n) is 4.32. The summed E-state index contributed by atoms with van der Waals surface area (Å²) in [5.74, 6) is 0.871. The molecule has 0 amide bonds. The molecular formula is C14H18ClN3O. The molecule has 0 spiro atoms. The monoisotopic (exact) mass is 279 g/mol. The summed E-state index contributed by atoms with van der Waals surface area (Å²) in [6.45, 7) is 4.08. The second kappa shape index (κ2) is 6.59. The number of nitrogens with zero attached hydrogens (tertiary/aromatic N) is 2. The Balaban J connectivity index is 1.84. The summed E-state index contributed by atoms with van der Waals surface area (Å²) in [4.78, 5) is 0. The topological polar surface area (TPSA) is 39.1 Å². The Morgan fingerprint density at radius 3 is 2.63 bits per heavy atom. The zero-order valence-corrected chi connectivity index (χ0v) is 11.9. The lowest BCUT2D eigenvalue weighted by Crippen LogP contribution is -2.10. The Bertz CT molecular complexity index is 522.